The van der Waals surface area contributed by atoms with Gasteiger partial charge in [-0.2, -0.15) is 0 Å². The van der Waals surface area contributed by atoms with Crippen molar-refractivity contribution in [1.29, 1.82) is 0 Å². The number of aromatic amines is 1. The maximum atomic E-state index is 12.4. The first kappa shape index (κ1) is 20.1. The van der Waals surface area contributed by atoms with E-state index in [4.69, 9.17) is 27.9 Å². The topological polar surface area (TPSA) is 98.1 Å². The van der Waals surface area contributed by atoms with Crippen molar-refractivity contribution in [2.75, 3.05) is 7.11 Å². The number of H-pyrrole nitrogens is 1. The van der Waals surface area contributed by atoms with Gasteiger partial charge in [-0.15, -0.1) is 4.73 Å². The zero-order valence-electron chi connectivity index (χ0n) is 14.6. The number of aromatic nitrogens is 2. The summed E-state index contributed by atoms with van der Waals surface area (Å²) in [6.45, 7) is 3.84. The second-order valence-corrected chi connectivity index (χ2v) is 6.94. The van der Waals surface area contributed by atoms with Crippen LogP contribution < -0.4 is 20.3 Å². The molecule has 2 rings (SSSR count). The molecule has 0 saturated heterocycles. The van der Waals surface area contributed by atoms with Gasteiger partial charge in [0.15, 0.2) is 0 Å². The standard InChI is InChI=1S/C17H19Cl2N3O4/c1-9(2)6-13-15(23)21-14(17(26-3)22(13)25)16(24)20-8-10-4-5-11(18)7-12(10)19/h4-5,7,9H,6,8H2,1-3H3,(H,20,24)(H,21,23). The van der Waals surface area contributed by atoms with Crippen molar-refractivity contribution >= 4 is 29.1 Å². The van der Waals surface area contributed by atoms with Crippen LogP contribution in [0, 0.1) is 11.1 Å². The first-order valence-corrected chi connectivity index (χ1v) is 8.65. The van der Waals surface area contributed by atoms with Gasteiger partial charge in [-0.3, -0.25) is 9.59 Å². The van der Waals surface area contributed by atoms with Crippen molar-refractivity contribution in [3.05, 3.63) is 60.8 Å². The monoisotopic (exact) mass is 399 g/mol. The van der Waals surface area contributed by atoms with E-state index in [2.05, 4.69) is 10.3 Å². The Morgan fingerprint density at radius 3 is 2.65 bits per heavy atom. The molecule has 0 radical (unpaired) electrons. The van der Waals surface area contributed by atoms with Crippen molar-refractivity contribution in [3.8, 4) is 5.88 Å². The number of carbonyl (C=O) groups excluding carboxylic acids is 1. The Kier molecular flexibility index (Phi) is 6.50. The molecule has 0 aliphatic carbocycles. The molecule has 1 aromatic carbocycles. The van der Waals surface area contributed by atoms with Gasteiger partial charge in [0.05, 0.1) is 7.11 Å². The molecule has 140 valence electrons. The average Bonchev–Trinajstić information content (AvgIpc) is 2.57. The number of halogens is 2. The van der Waals surface area contributed by atoms with Gasteiger partial charge in [0.25, 0.3) is 11.6 Å². The molecule has 2 aromatic rings. The predicted octanol–water partition coefficient (Wildman–Crippen LogP) is 2.45. The number of nitrogens with one attached hydrogen (secondary N) is 2. The lowest BCUT2D eigenvalue weighted by molar-refractivity contribution is -0.622. The van der Waals surface area contributed by atoms with Crippen LogP contribution in [0.15, 0.2) is 23.0 Å². The van der Waals surface area contributed by atoms with Crippen LogP contribution in [0.25, 0.3) is 0 Å². The van der Waals surface area contributed by atoms with E-state index in [-0.39, 0.29) is 36.2 Å². The molecule has 0 bridgehead atoms. The van der Waals surface area contributed by atoms with Crippen LogP contribution >= 0.6 is 23.2 Å². The number of rotatable bonds is 6. The molecule has 1 amide bonds. The van der Waals surface area contributed by atoms with Gasteiger partial charge >= 0.3 is 11.4 Å². The van der Waals surface area contributed by atoms with Crippen molar-refractivity contribution in [3.63, 3.8) is 0 Å². The highest BCUT2D eigenvalue weighted by Gasteiger charge is 2.27. The maximum Gasteiger partial charge on any atom is 0.409 e. The van der Waals surface area contributed by atoms with E-state index in [0.29, 0.717) is 20.3 Å². The number of carbonyl (C=O) groups is 1. The average molecular weight is 400 g/mol. The number of ether oxygens (including phenoxy) is 1. The molecular formula is C17H19Cl2N3O4. The molecule has 0 aliphatic heterocycles. The van der Waals surface area contributed by atoms with E-state index in [0.717, 1.165) is 0 Å². The van der Waals surface area contributed by atoms with Gasteiger partial charge in [0.1, 0.15) is 0 Å². The zero-order valence-corrected chi connectivity index (χ0v) is 16.1. The normalized spacial score (nSPS) is 10.8. The van der Waals surface area contributed by atoms with Gasteiger partial charge in [-0.25, -0.2) is 0 Å². The largest absolute Gasteiger partial charge is 0.616 e. The van der Waals surface area contributed by atoms with Gasteiger partial charge in [-0.05, 0) is 23.6 Å². The van der Waals surface area contributed by atoms with Crippen LogP contribution in [0.4, 0.5) is 0 Å². The lowest BCUT2D eigenvalue weighted by atomic mass is 10.1. The molecule has 0 aliphatic rings. The predicted molar refractivity (Wildman–Crippen MR) is 98.7 cm³/mol. The molecule has 0 spiro atoms. The number of methoxy groups -OCH3 is 1. The summed E-state index contributed by atoms with van der Waals surface area (Å²) >= 11 is 11.9. The van der Waals surface area contributed by atoms with E-state index in [1.54, 1.807) is 18.2 Å². The summed E-state index contributed by atoms with van der Waals surface area (Å²) in [5.74, 6) is -0.835. The third-order valence-electron chi connectivity index (χ3n) is 3.62. The Morgan fingerprint density at radius 2 is 2.08 bits per heavy atom. The molecule has 0 unspecified atom stereocenters. The fourth-order valence-electron chi connectivity index (χ4n) is 2.39. The second kappa shape index (κ2) is 8.42. The number of benzene rings is 1. The van der Waals surface area contributed by atoms with Crippen LogP contribution in [0.3, 0.4) is 0 Å². The summed E-state index contributed by atoms with van der Waals surface area (Å²) in [5, 5.41) is 15.9. The van der Waals surface area contributed by atoms with Crippen molar-refractivity contribution < 1.29 is 14.3 Å². The highest BCUT2D eigenvalue weighted by atomic mass is 35.5. The van der Waals surface area contributed by atoms with Crippen LogP contribution in [0.5, 0.6) is 5.88 Å². The van der Waals surface area contributed by atoms with E-state index in [1.807, 2.05) is 13.8 Å². The minimum atomic E-state index is -0.661. The lowest BCUT2D eigenvalue weighted by Gasteiger charge is -2.12. The Bertz CT molecular complexity index is 881. The molecule has 9 heteroatoms. The quantitative estimate of drug-likeness (QED) is 0.575. The number of nitrogens with zero attached hydrogens (tertiary/aromatic N) is 1. The summed E-state index contributed by atoms with van der Waals surface area (Å²) in [6.07, 6.45) is 0.261. The molecule has 2 N–H and O–H groups in total. The van der Waals surface area contributed by atoms with Gasteiger partial charge in [-0.1, -0.05) is 43.1 Å². The molecule has 1 heterocycles. The number of hydrogen-bond donors (Lipinski definition) is 2. The lowest BCUT2D eigenvalue weighted by Crippen LogP contribution is -2.44. The first-order chi connectivity index (χ1) is 12.2. The zero-order chi connectivity index (χ0) is 19.4. The summed E-state index contributed by atoms with van der Waals surface area (Å²) in [4.78, 5) is 27.1. The molecule has 7 nitrogen and oxygen atoms in total. The summed E-state index contributed by atoms with van der Waals surface area (Å²) < 4.78 is 5.41. The van der Waals surface area contributed by atoms with E-state index >= 15 is 0 Å². The Balaban J connectivity index is 2.29. The minimum Gasteiger partial charge on any atom is -0.616 e. The van der Waals surface area contributed by atoms with Crippen LogP contribution in [-0.2, 0) is 13.0 Å². The highest BCUT2D eigenvalue weighted by Crippen LogP contribution is 2.21. The Morgan fingerprint density at radius 1 is 1.38 bits per heavy atom. The fourth-order valence-corrected chi connectivity index (χ4v) is 2.86. The third-order valence-corrected chi connectivity index (χ3v) is 4.21. The molecule has 1 aromatic heterocycles. The summed E-state index contributed by atoms with van der Waals surface area (Å²) in [7, 11) is 1.26. The first-order valence-electron chi connectivity index (χ1n) is 7.89. The molecule has 0 fully saturated rings. The Labute approximate surface area is 160 Å². The van der Waals surface area contributed by atoms with Crippen LogP contribution in [0.2, 0.25) is 10.0 Å². The van der Waals surface area contributed by atoms with Crippen LogP contribution in [0.1, 0.15) is 35.6 Å². The number of amides is 1. The smallest absolute Gasteiger partial charge is 0.409 e. The van der Waals surface area contributed by atoms with E-state index in [9.17, 15) is 14.8 Å². The van der Waals surface area contributed by atoms with Crippen LogP contribution in [-0.4, -0.2) is 18.0 Å². The number of hydrogen-bond acceptors (Lipinski definition) is 4. The molecule has 0 saturated carbocycles. The third kappa shape index (κ3) is 4.47. The van der Waals surface area contributed by atoms with Gasteiger partial charge < -0.3 is 20.2 Å². The van der Waals surface area contributed by atoms with E-state index in [1.165, 1.54) is 7.11 Å². The maximum absolute atomic E-state index is 12.4. The second-order valence-electron chi connectivity index (χ2n) is 6.10. The Hall–Kier alpha value is -2.25. The highest BCUT2D eigenvalue weighted by molar-refractivity contribution is 6.35. The van der Waals surface area contributed by atoms with Crippen molar-refractivity contribution in [2.24, 2.45) is 5.92 Å². The van der Waals surface area contributed by atoms with Crippen molar-refractivity contribution in [2.45, 2.75) is 26.8 Å². The van der Waals surface area contributed by atoms with E-state index < -0.39 is 11.5 Å². The summed E-state index contributed by atoms with van der Waals surface area (Å²) in [6, 6.07) is 4.87. The fraction of sp³-hybridized carbons (Fsp3) is 0.353. The minimum absolute atomic E-state index is 0.00542. The van der Waals surface area contributed by atoms with Crippen molar-refractivity contribution in [1.82, 2.24) is 10.3 Å². The van der Waals surface area contributed by atoms with Gasteiger partial charge in [0.2, 0.25) is 5.69 Å². The summed E-state index contributed by atoms with van der Waals surface area (Å²) in [5.41, 5.74) is -0.236. The molecular weight excluding hydrogens is 381 g/mol. The van der Waals surface area contributed by atoms with Gasteiger partial charge in [0, 0.05) is 23.0 Å². The molecule has 26 heavy (non-hydrogen) atoms. The SMILES string of the molecule is COc1c(C(=O)NCc2ccc(Cl)cc2Cl)[nH]c(=O)c(CC(C)C)[n+]1[O-]. The molecule has 0 atom stereocenters.